The molecule has 1 atom stereocenters. The number of carbonyl (C=O) groups excluding carboxylic acids is 2. The highest BCUT2D eigenvalue weighted by molar-refractivity contribution is 5.86. The van der Waals surface area contributed by atoms with Crippen LogP contribution in [0.25, 0.3) is 0 Å². The van der Waals surface area contributed by atoms with Crippen molar-refractivity contribution in [3.05, 3.63) is 0 Å². The summed E-state index contributed by atoms with van der Waals surface area (Å²) in [4.78, 5) is 23.3. The number of rotatable bonds is 3. The first kappa shape index (κ1) is 13.8. The molecule has 0 spiro atoms. The van der Waals surface area contributed by atoms with Crippen molar-refractivity contribution >= 4 is 11.8 Å². The van der Waals surface area contributed by atoms with E-state index in [0.29, 0.717) is 0 Å². The summed E-state index contributed by atoms with van der Waals surface area (Å²) in [6.07, 6.45) is -4.41. The third kappa shape index (κ3) is 4.22. The van der Waals surface area contributed by atoms with Gasteiger partial charge >= 0.3 is 6.18 Å². The van der Waals surface area contributed by atoms with Crippen molar-refractivity contribution in [2.45, 2.75) is 19.1 Å². The van der Waals surface area contributed by atoms with Gasteiger partial charge in [0.1, 0.15) is 12.6 Å². The van der Waals surface area contributed by atoms with Crippen LogP contribution in [0.1, 0.15) is 6.92 Å². The molecule has 0 bridgehead atoms. The van der Waals surface area contributed by atoms with Crippen molar-refractivity contribution in [1.82, 2.24) is 15.5 Å². The molecule has 0 aromatic rings. The molecule has 17 heavy (non-hydrogen) atoms. The van der Waals surface area contributed by atoms with E-state index in [0.717, 1.165) is 4.90 Å². The Bertz CT molecular complexity index is 296. The molecule has 0 aliphatic carbocycles. The third-order valence-electron chi connectivity index (χ3n) is 2.37. The van der Waals surface area contributed by atoms with Crippen molar-refractivity contribution in [3.63, 3.8) is 0 Å². The first-order valence-electron chi connectivity index (χ1n) is 5.19. The summed E-state index contributed by atoms with van der Waals surface area (Å²) in [5, 5.41) is 5.02. The molecule has 1 aliphatic heterocycles. The van der Waals surface area contributed by atoms with Crippen LogP contribution in [-0.2, 0) is 9.59 Å². The number of nitrogens with zero attached hydrogens (tertiary/aromatic N) is 1. The first-order valence-corrected chi connectivity index (χ1v) is 5.19. The summed E-state index contributed by atoms with van der Waals surface area (Å²) >= 11 is 0. The molecule has 1 aliphatic rings. The van der Waals surface area contributed by atoms with Crippen LogP contribution in [0.15, 0.2) is 0 Å². The van der Waals surface area contributed by atoms with E-state index in [-0.39, 0.29) is 25.5 Å². The van der Waals surface area contributed by atoms with Crippen molar-refractivity contribution in [2.75, 3.05) is 26.2 Å². The van der Waals surface area contributed by atoms with E-state index in [9.17, 15) is 22.8 Å². The molecule has 0 saturated carbocycles. The lowest BCUT2D eigenvalue weighted by molar-refractivity contribution is -0.162. The van der Waals surface area contributed by atoms with Gasteiger partial charge in [0.25, 0.3) is 0 Å². The van der Waals surface area contributed by atoms with Crippen molar-refractivity contribution < 1.29 is 22.8 Å². The van der Waals surface area contributed by atoms with E-state index in [4.69, 9.17) is 0 Å². The maximum atomic E-state index is 12.2. The largest absolute Gasteiger partial charge is 0.406 e. The van der Waals surface area contributed by atoms with Gasteiger partial charge in [0.15, 0.2) is 0 Å². The maximum Gasteiger partial charge on any atom is 0.406 e. The van der Waals surface area contributed by atoms with Gasteiger partial charge in [-0.15, -0.1) is 0 Å². The van der Waals surface area contributed by atoms with Crippen LogP contribution in [-0.4, -0.2) is 55.1 Å². The zero-order valence-corrected chi connectivity index (χ0v) is 9.30. The first-order chi connectivity index (χ1) is 7.83. The van der Waals surface area contributed by atoms with Crippen molar-refractivity contribution in [3.8, 4) is 0 Å². The lowest BCUT2D eigenvalue weighted by Gasteiger charge is -2.29. The second-order valence-corrected chi connectivity index (χ2v) is 3.71. The molecule has 1 saturated heterocycles. The quantitative estimate of drug-likeness (QED) is 0.712. The van der Waals surface area contributed by atoms with E-state index >= 15 is 0 Å². The molecule has 0 radical (unpaired) electrons. The number of nitrogens with one attached hydrogen (secondary N) is 2. The van der Waals surface area contributed by atoms with Gasteiger partial charge in [-0.05, 0) is 6.92 Å². The van der Waals surface area contributed by atoms with Gasteiger partial charge < -0.3 is 10.2 Å². The van der Waals surface area contributed by atoms with Gasteiger partial charge in [-0.3, -0.25) is 14.9 Å². The maximum absolute atomic E-state index is 12.2. The molecule has 98 valence electrons. The van der Waals surface area contributed by atoms with Crippen LogP contribution in [0.2, 0.25) is 0 Å². The van der Waals surface area contributed by atoms with Crippen LogP contribution in [0, 0.1) is 0 Å². The Morgan fingerprint density at radius 1 is 1.53 bits per heavy atom. The van der Waals surface area contributed by atoms with Crippen molar-refractivity contribution in [1.29, 1.82) is 0 Å². The monoisotopic (exact) mass is 253 g/mol. The molecule has 1 unspecified atom stereocenters. The second kappa shape index (κ2) is 5.35. The Kier molecular flexibility index (Phi) is 4.33. The zero-order valence-electron chi connectivity index (χ0n) is 9.30. The van der Waals surface area contributed by atoms with Crippen molar-refractivity contribution in [2.24, 2.45) is 0 Å². The lowest BCUT2D eigenvalue weighted by atomic mass is 10.2. The van der Waals surface area contributed by atoms with Crippen LogP contribution < -0.4 is 10.6 Å². The normalized spacial score (nSPS) is 20.9. The van der Waals surface area contributed by atoms with Gasteiger partial charge in [0.05, 0.1) is 6.54 Å². The van der Waals surface area contributed by atoms with Crippen LogP contribution >= 0.6 is 0 Å². The predicted molar refractivity (Wildman–Crippen MR) is 53.1 cm³/mol. The summed E-state index contributed by atoms with van der Waals surface area (Å²) in [7, 11) is 0. The molecule has 1 fully saturated rings. The van der Waals surface area contributed by atoms with E-state index in [1.165, 1.54) is 6.92 Å². The zero-order chi connectivity index (χ0) is 13.1. The molecule has 8 heteroatoms. The highest BCUT2D eigenvalue weighted by atomic mass is 19.4. The third-order valence-corrected chi connectivity index (χ3v) is 2.37. The number of likely N-dealkylation sites (N-methyl/N-ethyl adjacent to an activating group) is 1. The summed E-state index contributed by atoms with van der Waals surface area (Å²) in [5.74, 6) is -0.919. The lowest BCUT2D eigenvalue weighted by Crippen LogP contribution is -2.59. The average Bonchev–Trinajstić information content (AvgIpc) is 2.25. The summed E-state index contributed by atoms with van der Waals surface area (Å²) in [5.41, 5.74) is 0. The fourth-order valence-corrected chi connectivity index (χ4v) is 1.52. The smallest absolute Gasteiger partial charge is 0.353 e. The molecule has 5 nitrogen and oxygen atoms in total. The number of piperazine rings is 1. The fourth-order valence-electron chi connectivity index (χ4n) is 1.52. The van der Waals surface area contributed by atoms with Gasteiger partial charge in [-0.25, -0.2) is 0 Å². The standard InChI is InChI=1S/C9H14F3N3O2/c1-2-15(5-9(10,11)12)8(17)6-3-14-7(16)4-13-6/h6,13H,2-5H2,1H3,(H,14,16). The second-order valence-electron chi connectivity index (χ2n) is 3.71. The Labute approximate surface area is 96.3 Å². The van der Waals surface area contributed by atoms with E-state index in [1.54, 1.807) is 0 Å². The number of halogens is 3. The topological polar surface area (TPSA) is 61.4 Å². The predicted octanol–water partition coefficient (Wildman–Crippen LogP) is -0.515. The van der Waals surface area contributed by atoms with Gasteiger partial charge in [-0.1, -0.05) is 0 Å². The molecule has 1 heterocycles. The summed E-state index contributed by atoms with van der Waals surface area (Å²) in [6.45, 7) is 0.149. The Morgan fingerprint density at radius 3 is 2.59 bits per heavy atom. The van der Waals surface area contributed by atoms with Gasteiger partial charge in [0.2, 0.25) is 11.8 Å². The van der Waals surface area contributed by atoms with E-state index in [1.807, 2.05) is 0 Å². The Hall–Kier alpha value is -1.31. The molecule has 1 rings (SSSR count). The minimum absolute atomic E-state index is 0.0199. The Balaban J connectivity index is 2.57. The number of amides is 2. The minimum Gasteiger partial charge on any atom is -0.353 e. The highest BCUT2D eigenvalue weighted by Crippen LogP contribution is 2.16. The van der Waals surface area contributed by atoms with Crippen LogP contribution in [0.4, 0.5) is 13.2 Å². The van der Waals surface area contributed by atoms with E-state index < -0.39 is 24.7 Å². The molecule has 0 aromatic carbocycles. The Morgan fingerprint density at radius 2 is 2.18 bits per heavy atom. The number of carbonyl (C=O) groups is 2. The number of hydrogen-bond donors (Lipinski definition) is 2. The number of hydrogen-bond acceptors (Lipinski definition) is 3. The average molecular weight is 253 g/mol. The fraction of sp³-hybridized carbons (Fsp3) is 0.778. The van der Waals surface area contributed by atoms with Gasteiger partial charge in [0, 0.05) is 13.1 Å². The van der Waals surface area contributed by atoms with Crippen LogP contribution in [0.3, 0.4) is 0 Å². The molecular formula is C9H14F3N3O2. The summed E-state index contributed by atoms with van der Waals surface area (Å²) in [6, 6.07) is -0.782. The molecular weight excluding hydrogens is 239 g/mol. The summed E-state index contributed by atoms with van der Waals surface area (Å²) < 4.78 is 36.6. The van der Waals surface area contributed by atoms with E-state index in [2.05, 4.69) is 10.6 Å². The minimum atomic E-state index is -4.41. The van der Waals surface area contributed by atoms with Crippen LogP contribution in [0.5, 0.6) is 0 Å². The van der Waals surface area contributed by atoms with Gasteiger partial charge in [-0.2, -0.15) is 13.2 Å². The molecule has 0 aromatic heterocycles. The molecule has 2 amide bonds. The number of alkyl halides is 3. The highest BCUT2D eigenvalue weighted by Gasteiger charge is 2.35. The SMILES string of the molecule is CCN(CC(F)(F)F)C(=O)C1CNC(=O)CN1. The molecule has 2 N–H and O–H groups in total.